The van der Waals surface area contributed by atoms with Crippen molar-refractivity contribution in [3.05, 3.63) is 60.3 Å². The van der Waals surface area contributed by atoms with Crippen LogP contribution in [0.1, 0.15) is 19.4 Å². The summed E-state index contributed by atoms with van der Waals surface area (Å²) >= 11 is 0. The molecule has 0 spiro atoms. The molecule has 2 aromatic carbocycles. The number of para-hydroxylation sites is 1. The first kappa shape index (κ1) is 24.5. The number of benzene rings is 2. The number of ether oxygens (including phenoxy) is 1. The van der Waals surface area contributed by atoms with Gasteiger partial charge in [0.1, 0.15) is 22.1 Å². The van der Waals surface area contributed by atoms with Gasteiger partial charge in [-0.2, -0.15) is 9.97 Å². The number of hydrogen-bond donors (Lipinski definition) is 4. The van der Waals surface area contributed by atoms with E-state index in [0.717, 1.165) is 4.31 Å². The molecule has 0 radical (unpaired) electrons. The lowest BCUT2D eigenvalue weighted by molar-refractivity contribution is 0.0786. The minimum absolute atomic E-state index is 0.126. The van der Waals surface area contributed by atoms with Crippen LogP contribution in [0.25, 0.3) is 11.0 Å². The van der Waals surface area contributed by atoms with Gasteiger partial charge in [-0.05, 0) is 49.7 Å². The second-order valence-electron chi connectivity index (χ2n) is 8.64. The Hall–Kier alpha value is -3.67. The summed E-state index contributed by atoms with van der Waals surface area (Å²) in [5.74, 6) is 1.21. The SMILES string of the molecule is COc1ccc(C(C)(C)O)cc1Nc1nc(Nc2ccccc2S(=O)(=O)N(C)C)c2cc[nH]c2n1. The lowest BCUT2D eigenvalue weighted by atomic mass is 9.98. The molecular formula is C24H28N6O4S. The number of aliphatic hydroxyl groups is 1. The number of aromatic nitrogens is 3. The van der Waals surface area contributed by atoms with Crippen LogP contribution >= 0.6 is 0 Å². The quantitative estimate of drug-likeness (QED) is 0.288. The Balaban J connectivity index is 1.78. The summed E-state index contributed by atoms with van der Waals surface area (Å²) in [4.78, 5) is 12.4. The van der Waals surface area contributed by atoms with E-state index < -0.39 is 15.6 Å². The van der Waals surface area contributed by atoms with Crippen LogP contribution in [-0.4, -0.2) is 54.0 Å². The highest BCUT2D eigenvalue weighted by molar-refractivity contribution is 7.89. The number of fused-ring (bicyclic) bond motifs is 1. The predicted octanol–water partition coefficient (Wildman–Crippen LogP) is 3.93. The Morgan fingerprint density at radius 2 is 1.77 bits per heavy atom. The zero-order chi connectivity index (χ0) is 25.4. The number of hydrogen-bond acceptors (Lipinski definition) is 8. The minimum atomic E-state index is -3.69. The normalized spacial score (nSPS) is 12.2. The molecular weight excluding hydrogens is 468 g/mol. The largest absolute Gasteiger partial charge is 0.495 e. The van der Waals surface area contributed by atoms with Crippen molar-refractivity contribution in [3.63, 3.8) is 0 Å². The highest BCUT2D eigenvalue weighted by atomic mass is 32.2. The summed E-state index contributed by atoms with van der Waals surface area (Å²) in [6, 6.07) is 13.8. The van der Waals surface area contributed by atoms with Crippen molar-refractivity contribution in [1.29, 1.82) is 0 Å². The molecule has 0 aliphatic rings. The van der Waals surface area contributed by atoms with Crippen LogP contribution in [0.4, 0.5) is 23.1 Å². The molecule has 0 bridgehead atoms. The Bertz CT molecular complexity index is 1480. The first-order valence-electron chi connectivity index (χ1n) is 10.8. The fraction of sp³-hybridized carbons (Fsp3) is 0.250. The van der Waals surface area contributed by atoms with Gasteiger partial charge in [0.25, 0.3) is 0 Å². The average Bonchev–Trinajstić information content (AvgIpc) is 3.27. The van der Waals surface area contributed by atoms with Crippen LogP contribution < -0.4 is 15.4 Å². The Labute approximate surface area is 204 Å². The van der Waals surface area contributed by atoms with Crippen molar-refractivity contribution >= 4 is 44.2 Å². The number of nitrogens with one attached hydrogen (secondary N) is 3. The standard InChI is InChI=1S/C24H28N6O4S/c1-24(2,31)15-10-11-19(34-5)18(14-15)27-23-28-21-16(12-13-25-21)22(29-23)26-17-8-6-7-9-20(17)35(32,33)30(3)4/h6-14,31H,1-5H3,(H3,25,26,27,28,29). The maximum atomic E-state index is 12.8. The van der Waals surface area contributed by atoms with Crippen LogP contribution in [0.2, 0.25) is 0 Å². The van der Waals surface area contributed by atoms with Gasteiger partial charge in [-0.3, -0.25) is 0 Å². The van der Waals surface area contributed by atoms with Crippen LogP contribution in [0.15, 0.2) is 59.6 Å². The number of aromatic amines is 1. The average molecular weight is 497 g/mol. The lowest BCUT2D eigenvalue weighted by Gasteiger charge is -2.20. The molecule has 4 rings (SSSR count). The molecule has 10 nitrogen and oxygen atoms in total. The van der Waals surface area contributed by atoms with Gasteiger partial charge in [0.15, 0.2) is 0 Å². The molecule has 0 saturated heterocycles. The second-order valence-corrected chi connectivity index (χ2v) is 10.8. The lowest BCUT2D eigenvalue weighted by Crippen LogP contribution is -2.23. The summed E-state index contributed by atoms with van der Waals surface area (Å²) in [6.45, 7) is 3.39. The molecule has 35 heavy (non-hydrogen) atoms. The van der Waals surface area contributed by atoms with Gasteiger partial charge < -0.3 is 25.5 Å². The third kappa shape index (κ3) is 4.92. The van der Waals surface area contributed by atoms with E-state index in [2.05, 4.69) is 25.6 Å². The van der Waals surface area contributed by atoms with E-state index in [4.69, 9.17) is 4.74 Å². The Morgan fingerprint density at radius 3 is 2.46 bits per heavy atom. The number of anilines is 4. The Kier molecular flexibility index (Phi) is 6.41. The predicted molar refractivity (Wildman–Crippen MR) is 136 cm³/mol. The summed E-state index contributed by atoms with van der Waals surface area (Å²) in [7, 11) is 0.829. The number of H-pyrrole nitrogens is 1. The molecule has 0 aliphatic carbocycles. The van der Waals surface area contributed by atoms with Gasteiger partial charge in [-0.1, -0.05) is 18.2 Å². The van der Waals surface area contributed by atoms with Crippen molar-refractivity contribution in [2.45, 2.75) is 24.3 Å². The van der Waals surface area contributed by atoms with Crippen molar-refractivity contribution in [1.82, 2.24) is 19.3 Å². The molecule has 2 heterocycles. The molecule has 0 aliphatic heterocycles. The smallest absolute Gasteiger partial charge is 0.244 e. The third-order valence-electron chi connectivity index (χ3n) is 5.47. The summed E-state index contributed by atoms with van der Waals surface area (Å²) < 4.78 is 32.3. The number of rotatable bonds is 8. The van der Waals surface area contributed by atoms with E-state index in [0.29, 0.717) is 39.5 Å². The fourth-order valence-corrected chi connectivity index (χ4v) is 4.56. The number of methoxy groups -OCH3 is 1. The van der Waals surface area contributed by atoms with Crippen molar-refractivity contribution in [2.75, 3.05) is 31.8 Å². The Morgan fingerprint density at radius 1 is 1.03 bits per heavy atom. The van der Waals surface area contributed by atoms with E-state index in [1.165, 1.54) is 14.1 Å². The van der Waals surface area contributed by atoms with Crippen LogP contribution in [-0.2, 0) is 15.6 Å². The molecule has 0 saturated carbocycles. The van der Waals surface area contributed by atoms with E-state index in [9.17, 15) is 13.5 Å². The van der Waals surface area contributed by atoms with E-state index in [-0.39, 0.29) is 10.8 Å². The zero-order valence-corrected chi connectivity index (χ0v) is 20.9. The van der Waals surface area contributed by atoms with Gasteiger partial charge in [0, 0.05) is 20.3 Å². The highest BCUT2D eigenvalue weighted by Gasteiger charge is 2.22. The first-order chi connectivity index (χ1) is 16.5. The molecule has 0 unspecified atom stereocenters. The van der Waals surface area contributed by atoms with E-state index in [1.807, 2.05) is 0 Å². The van der Waals surface area contributed by atoms with E-state index >= 15 is 0 Å². The zero-order valence-electron chi connectivity index (χ0n) is 20.1. The van der Waals surface area contributed by atoms with Crippen molar-refractivity contribution in [3.8, 4) is 5.75 Å². The summed E-state index contributed by atoms with van der Waals surface area (Å²) in [5.41, 5.74) is 1.13. The summed E-state index contributed by atoms with van der Waals surface area (Å²) in [6.07, 6.45) is 1.73. The molecule has 4 N–H and O–H groups in total. The van der Waals surface area contributed by atoms with Crippen LogP contribution in [0, 0.1) is 0 Å². The highest BCUT2D eigenvalue weighted by Crippen LogP contribution is 2.34. The molecule has 11 heteroatoms. The van der Waals surface area contributed by atoms with Crippen LogP contribution in [0.3, 0.4) is 0 Å². The topological polar surface area (TPSA) is 132 Å². The van der Waals surface area contributed by atoms with Gasteiger partial charge in [-0.15, -0.1) is 0 Å². The van der Waals surface area contributed by atoms with E-state index in [1.54, 1.807) is 75.7 Å². The molecule has 0 atom stereocenters. The molecule has 2 aromatic heterocycles. The second kappa shape index (κ2) is 9.17. The van der Waals surface area contributed by atoms with Gasteiger partial charge in [-0.25, -0.2) is 12.7 Å². The maximum absolute atomic E-state index is 12.8. The third-order valence-corrected chi connectivity index (χ3v) is 7.34. The molecule has 0 amide bonds. The van der Waals surface area contributed by atoms with Crippen molar-refractivity contribution in [2.24, 2.45) is 0 Å². The number of nitrogens with zero attached hydrogens (tertiary/aromatic N) is 3. The minimum Gasteiger partial charge on any atom is -0.495 e. The van der Waals surface area contributed by atoms with Crippen LogP contribution in [0.5, 0.6) is 5.75 Å². The molecule has 0 fully saturated rings. The van der Waals surface area contributed by atoms with Gasteiger partial charge in [0.2, 0.25) is 16.0 Å². The number of sulfonamides is 1. The molecule has 184 valence electrons. The van der Waals surface area contributed by atoms with Gasteiger partial charge >= 0.3 is 0 Å². The van der Waals surface area contributed by atoms with Crippen molar-refractivity contribution < 1.29 is 18.3 Å². The summed E-state index contributed by atoms with van der Waals surface area (Å²) in [5, 5.41) is 17.4. The maximum Gasteiger partial charge on any atom is 0.244 e. The fourth-order valence-electron chi connectivity index (χ4n) is 3.52. The van der Waals surface area contributed by atoms with Gasteiger partial charge in [0.05, 0.1) is 29.5 Å². The first-order valence-corrected chi connectivity index (χ1v) is 12.3. The molecule has 4 aromatic rings. The monoisotopic (exact) mass is 496 g/mol.